The van der Waals surface area contributed by atoms with Crippen LogP contribution in [0.2, 0.25) is 5.02 Å². The van der Waals surface area contributed by atoms with Crippen molar-refractivity contribution < 1.29 is 23.4 Å². The number of carbonyl (C=O) groups excluding carboxylic acids is 1. The fourth-order valence-corrected chi connectivity index (χ4v) is 3.59. The highest BCUT2D eigenvalue weighted by Gasteiger charge is 2.12. The molecule has 0 aromatic heterocycles. The van der Waals surface area contributed by atoms with E-state index in [1.807, 2.05) is 30.3 Å². The molecule has 0 saturated carbocycles. The van der Waals surface area contributed by atoms with E-state index in [9.17, 15) is 9.18 Å². The van der Waals surface area contributed by atoms with Crippen molar-refractivity contribution in [1.29, 1.82) is 0 Å². The summed E-state index contributed by atoms with van der Waals surface area (Å²) in [5, 5.41) is 4.50. The maximum absolute atomic E-state index is 13.9. The van der Waals surface area contributed by atoms with E-state index >= 15 is 0 Å². The molecule has 0 heterocycles. The third kappa shape index (κ3) is 7.08. The van der Waals surface area contributed by atoms with Gasteiger partial charge in [0.2, 0.25) is 0 Å². The predicted octanol–water partition coefficient (Wildman–Crippen LogP) is 6.41. The van der Waals surface area contributed by atoms with Gasteiger partial charge in [0.05, 0.1) is 13.3 Å². The van der Waals surface area contributed by atoms with Gasteiger partial charge < -0.3 is 14.2 Å². The van der Waals surface area contributed by atoms with Crippen molar-refractivity contribution in [2.24, 2.45) is 5.10 Å². The molecule has 0 bridgehead atoms. The average molecular weight is 519 g/mol. The average Bonchev–Trinajstić information content (AvgIpc) is 2.92. The van der Waals surface area contributed by atoms with Crippen LogP contribution in [-0.2, 0) is 13.2 Å². The largest absolute Gasteiger partial charge is 0.493 e. The fraction of sp³-hybridized carbons (Fsp3) is 0.103. The van der Waals surface area contributed by atoms with Gasteiger partial charge in [0.1, 0.15) is 24.8 Å². The van der Waals surface area contributed by atoms with Gasteiger partial charge in [-0.15, -0.1) is 0 Å². The number of halogens is 2. The van der Waals surface area contributed by atoms with Crippen LogP contribution in [-0.4, -0.2) is 19.2 Å². The lowest BCUT2D eigenvalue weighted by Gasteiger charge is -2.12. The standard InChI is InChI=1S/C29H24ClFN2O4/c1-35-28-16-21(11-13-27(28)36-18-20-7-3-2-4-8-20)29(34)33-32-17-23-15-24(30)12-14-26(23)37-19-22-9-5-6-10-25(22)31/h2-17H,18-19H2,1H3,(H,33,34)/b32-17+. The minimum atomic E-state index is -0.444. The molecule has 37 heavy (non-hydrogen) atoms. The molecule has 1 amide bonds. The van der Waals surface area contributed by atoms with Crippen molar-refractivity contribution in [2.45, 2.75) is 13.2 Å². The summed E-state index contributed by atoms with van der Waals surface area (Å²) in [5.41, 5.74) is 4.77. The van der Waals surface area contributed by atoms with Crippen molar-refractivity contribution in [3.8, 4) is 17.2 Å². The van der Waals surface area contributed by atoms with Gasteiger partial charge in [-0.3, -0.25) is 4.79 Å². The Morgan fingerprint density at radius 1 is 0.892 bits per heavy atom. The number of hydrazone groups is 1. The highest BCUT2D eigenvalue weighted by Crippen LogP contribution is 2.29. The minimum absolute atomic E-state index is 0.0278. The van der Waals surface area contributed by atoms with E-state index in [1.165, 1.54) is 19.4 Å². The van der Waals surface area contributed by atoms with Crippen molar-refractivity contribution in [1.82, 2.24) is 5.43 Å². The smallest absolute Gasteiger partial charge is 0.271 e. The molecule has 4 aromatic rings. The Labute approximate surface area is 219 Å². The zero-order chi connectivity index (χ0) is 26.0. The molecule has 4 rings (SSSR count). The molecule has 0 radical (unpaired) electrons. The number of hydrogen-bond acceptors (Lipinski definition) is 5. The number of rotatable bonds is 10. The van der Waals surface area contributed by atoms with Crippen molar-refractivity contribution in [3.63, 3.8) is 0 Å². The van der Waals surface area contributed by atoms with Gasteiger partial charge in [-0.25, -0.2) is 9.82 Å². The maximum Gasteiger partial charge on any atom is 0.271 e. The summed E-state index contributed by atoms with van der Waals surface area (Å²) in [4.78, 5) is 12.7. The van der Waals surface area contributed by atoms with Crippen LogP contribution < -0.4 is 19.6 Å². The first-order valence-corrected chi connectivity index (χ1v) is 11.7. The van der Waals surface area contributed by atoms with Crippen molar-refractivity contribution in [3.05, 3.63) is 124 Å². The number of benzene rings is 4. The fourth-order valence-electron chi connectivity index (χ4n) is 3.41. The van der Waals surface area contributed by atoms with E-state index in [0.717, 1.165) is 5.56 Å². The number of ether oxygens (including phenoxy) is 3. The van der Waals surface area contributed by atoms with Crippen LogP contribution in [0, 0.1) is 5.82 Å². The van der Waals surface area contributed by atoms with Gasteiger partial charge in [0.15, 0.2) is 11.5 Å². The van der Waals surface area contributed by atoms with E-state index in [0.29, 0.717) is 45.6 Å². The SMILES string of the molecule is COc1cc(C(=O)N/N=C/c2cc(Cl)ccc2OCc2ccccc2F)ccc1OCc1ccccc1. The number of amides is 1. The number of carbonyl (C=O) groups is 1. The first-order valence-electron chi connectivity index (χ1n) is 11.4. The lowest BCUT2D eigenvalue weighted by Crippen LogP contribution is -2.17. The number of methoxy groups -OCH3 is 1. The van der Waals surface area contributed by atoms with Crippen LogP contribution >= 0.6 is 11.6 Å². The van der Waals surface area contributed by atoms with Crippen LogP contribution in [0.4, 0.5) is 4.39 Å². The van der Waals surface area contributed by atoms with Gasteiger partial charge >= 0.3 is 0 Å². The molecule has 0 aliphatic heterocycles. The van der Waals surface area contributed by atoms with Crippen molar-refractivity contribution >= 4 is 23.7 Å². The Bertz CT molecular complexity index is 1400. The third-order valence-corrected chi connectivity index (χ3v) is 5.58. The van der Waals surface area contributed by atoms with Gasteiger partial charge in [-0.1, -0.05) is 60.1 Å². The van der Waals surface area contributed by atoms with Gasteiger partial charge in [0.25, 0.3) is 5.91 Å². The number of nitrogens with zero attached hydrogens (tertiary/aromatic N) is 1. The maximum atomic E-state index is 13.9. The summed E-state index contributed by atoms with van der Waals surface area (Å²) >= 11 is 6.12. The predicted molar refractivity (Wildman–Crippen MR) is 141 cm³/mol. The molecule has 188 valence electrons. The Balaban J connectivity index is 1.40. The Morgan fingerprint density at radius 2 is 1.62 bits per heavy atom. The lowest BCUT2D eigenvalue weighted by molar-refractivity contribution is 0.0954. The third-order valence-electron chi connectivity index (χ3n) is 5.35. The molecule has 0 fully saturated rings. The zero-order valence-electron chi connectivity index (χ0n) is 20.0. The number of nitrogens with one attached hydrogen (secondary N) is 1. The second-order valence-electron chi connectivity index (χ2n) is 7.90. The molecule has 0 unspecified atom stereocenters. The summed E-state index contributed by atoms with van der Waals surface area (Å²) in [7, 11) is 1.51. The Morgan fingerprint density at radius 3 is 2.41 bits per heavy atom. The second-order valence-corrected chi connectivity index (χ2v) is 8.34. The summed E-state index contributed by atoms with van der Waals surface area (Å²) in [6.07, 6.45) is 1.41. The highest BCUT2D eigenvalue weighted by atomic mass is 35.5. The molecule has 4 aromatic carbocycles. The Hall–Kier alpha value is -4.36. The summed E-state index contributed by atoms with van der Waals surface area (Å²) in [5.74, 6) is 0.575. The van der Waals surface area contributed by atoms with Crippen LogP contribution in [0.5, 0.6) is 17.2 Å². The molecule has 1 N–H and O–H groups in total. The van der Waals surface area contributed by atoms with Crippen molar-refractivity contribution in [2.75, 3.05) is 7.11 Å². The first kappa shape index (κ1) is 25.7. The van der Waals surface area contributed by atoms with E-state index in [4.69, 9.17) is 25.8 Å². The first-order chi connectivity index (χ1) is 18.0. The van der Waals surface area contributed by atoms with E-state index in [1.54, 1.807) is 54.6 Å². The van der Waals surface area contributed by atoms with E-state index in [-0.39, 0.29) is 12.4 Å². The number of hydrogen-bond donors (Lipinski definition) is 1. The van der Waals surface area contributed by atoms with E-state index in [2.05, 4.69) is 10.5 Å². The highest BCUT2D eigenvalue weighted by molar-refractivity contribution is 6.30. The van der Waals surface area contributed by atoms with Crippen LogP contribution in [0.25, 0.3) is 0 Å². The molecule has 0 spiro atoms. The summed E-state index contributed by atoms with van der Waals surface area (Å²) in [6.45, 7) is 0.397. The topological polar surface area (TPSA) is 69.2 Å². The molecular weight excluding hydrogens is 495 g/mol. The van der Waals surface area contributed by atoms with Crippen LogP contribution in [0.1, 0.15) is 27.0 Å². The van der Waals surface area contributed by atoms with Crippen LogP contribution in [0.3, 0.4) is 0 Å². The molecule has 8 heteroatoms. The lowest BCUT2D eigenvalue weighted by atomic mass is 10.2. The monoisotopic (exact) mass is 518 g/mol. The Kier molecular flexibility index (Phi) is 8.73. The molecule has 0 atom stereocenters. The summed E-state index contributed by atoms with van der Waals surface area (Å²) in [6, 6.07) is 25.9. The minimum Gasteiger partial charge on any atom is -0.493 e. The molecule has 0 aliphatic rings. The molecular formula is C29H24ClFN2O4. The second kappa shape index (κ2) is 12.6. The van der Waals surface area contributed by atoms with Gasteiger partial charge in [-0.05, 0) is 48.0 Å². The van der Waals surface area contributed by atoms with E-state index < -0.39 is 5.91 Å². The molecule has 0 saturated heterocycles. The van der Waals surface area contributed by atoms with Gasteiger partial charge in [-0.2, -0.15) is 5.10 Å². The zero-order valence-corrected chi connectivity index (χ0v) is 20.7. The molecule has 6 nitrogen and oxygen atoms in total. The quantitative estimate of drug-likeness (QED) is 0.194. The molecule has 0 aliphatic carbocycles. The summed E-state index contributed by atoms with van der Waals surface area (Å²) < 4.78 is 30.9. The van der Waals surface area contributed by atoms with Crippen LogP contribution in [0.15, 0.2) is 96.1 Å². The van der Waals surface area contributed by atoms with Gasteiger partial charge in [0, 0.05) is 21.7 Å². The normalized spacial score (nSPS) is 10.8.